The molecule has 3 rings (SSSR count). The number of carbonyl (C=O) groups is 1. The summed E-state index contributed by atoms with van der Waals surface area (Å²) in [4.78, 5) is 13.5. The molecule has 1 aromatic rings. The molecule has 0 bridgehead atoms. The maximum Gasteiger partial charge on any atom is 0.228 e. The topological polar surface area (TPSA) is 55.6 Å². The van der Waals surface area contributed by atoms with E-state index in [0.29, 0.717) is 13.0 Å². The summed E-state index contributed by atoms with van der Waals surface area (Å²) in [5.74, 6) is 1.07. The summed E-state index contributed by atoms with van der Waals surface area (Å²) in [7, 11) is 0. The number of amides is 1. The van der Waals surface area contributed by atoms with Crippen molar-refractivity contribution in [1.82, 2.24) is 0 Å². The van der Waals surface area contributed by atoms with Crippen LogP contribution in [0.1, 0.15) is 18.4 Å². The Bertz CT molecular complexity index is 459. The van der Waals surface area contributed by atoms with Crippen LogP contribution in [-0.4, -0.2) is 25.1 Å². The van der Waals surface area contributed by atoms with Gasteiger partial charge in [-0.05, 0) is 36.6 Å². The molecule has 1 unspecified atom stereocenters. The van der Waals surface area contributed by atoms with Crippen molar-refractivity contribution < 1.29 is 9.53 Å². The fourth-order valence-corrected chi connectivity index (χ4v) is 2.50. The number of nitrogens with zero attached hydrogens (tertiary/aromatic N) is 1. The molecule has 4 nitrogen and oxygen atoms in total. The summed E-state index contributed by atoms with van der Waals surface area (Å²) in [6.45, 7) is 1.42. The Labute approximate surface area is 100 Å². The van der Waals surface area contributed by atoms with Crippen molar-refractivity contribution in [2.75, 3.05) is 18.1 Å². The second-order valence-electron chi connectivity index (χ2n) is 4.71. The fraction of sp³-hybridized carbons (Fsp3) is 0.462. The van der Waals surface area contributed by atoms with Crippen LogP contribution >= 0.6 is 0 Å². The van der Waals surface area contributed by atoms with Crippen LogP contribution in [0.3, 0.4) is 0 Å². The molecule has 1 saturated heterocycles. The molecule has 2 aliphatic rings. The van der Waals surface area contributed by atoms with E-state index in [0.717, 1.165) is 30.9 Å². The maximum atomic E-state index is 11.8. The molecule has 1 fully saturated rings. The highest BCUT2D eigenvalue weighted by atomic mass is 16.5. The second kappa shape index (κ2) is 4.04. The van der Waals surface area contributed by atoms with Gasteiger partial charge in [0.1, 0.15) is 5.75 Å². The van der Waals surface area contributed by atoms with Gasteiger partial charge >= 0.3 is 0 Å². The lowest BCUT2D eigenvalue weighted by molar-refractivity contribution is -0.117. The van der Waals surface area contributed by atoms with E-state index in [1.54, 1.807) is 4.90 Å². The molecular weight excluding hydrogens is 216 g/mol. The third kappa shape index (κ3) is 1.89. The average molecular weight is 232 g/mol. The molecule has 2 heterocycles. The number of anilines is 1. The molecule has 1 aromatic carbocycles. The number of benzene rings is 1. The van der Waals surface area contributed by atoms with Gasteiger partial charge in [0.05, 0.1) is 6.61 Å². The minimum absolute atomic E-state index is 0.0326. The Morgan fingerprint density at radius 1 is 1.41 bits per heavy atom. The minimum atomic E-state index is -0.0326. The molecular formula is C13H16N2O2. The summed E-state index contributed by atoms with van der Waals surface area (Å²) in [5, 5.41) is 0. The zero-order valence-electron chi connectivity index (χ0n) is 9.69. The number of hydrogen-bond donors (Lipinski definition) is 1. The van der Waals surface area contributed by atoms with Crippen LogP contribution in [0.4, 0.5) is 5.69 Å². The molecule has 0 aliphatic carbocycles. The van der Waals surface area contributed by atoms with E-state index in [9.17, 15) is 4.79 Å². The van der Waals surface area contributed by atoms with Crippen LogP contribution < -0.4 is 15.4 Å². The first kappa shape index (κ1) is 10.6. The summed E-state index contributed by atoms with van der Waals surface area (Å²) in [6.07, 6.45) is 2.52. The first-order valence-corrected chi connectivity index (χ1v) is 6.06. The van der Waals surface area contributed by atoms with E-state index in [-0.39, 0.29) is 11.9 Å². The summed E-state index contributed by atoms with van der Waals surface area (Å²) >= 11 is 0. The maximum absolute atomic E-state index is 11.8. The van der Waals surface area contributed by atoms with Crippen molar-refractivity contribution in [3.63, 3.8) is 0 Å². The minimum Gasteiger partial charge on any atom is -0.493 e. The van der Waals surface area contributed by atoms with Crippen molar-refractivity contribution in [3.05, 3.63) is 23.8 Å². The van der Waals surface area contributed by atoms with Gasteiger partial charge in [0, 0.05) is 24.7 Å². The molecule has 17 heavy (non-hydrogen) atoms. The van der Waals surface area contributed by atoms with E-state index in [1.165, 1.54) is 5.56 Å². The van der Waals surface area contributed by atoms with Crippen molar-refractivity contribution in [3.8, 4) is 5.75 Å². The van der Waals surface area contributed by atoms with E-state index >= 15 is 0 Å². The Kier molecular flexibility index (Phi) is 2.52. The zero-order chi connectivity index (χ0) is 11.8. The van der Waals surface area contributed by atoms with Crippen molar-refractivity contribution in [2.45, 2.75) is 25.3 Å². The van der Waals surface area contributed by atoms with E-state index in [1.807, 2.05) is 12.1 Å². The molecule has 4 heteroatoms. The number of rotatable bonds is 1. The van der Waals surface area contributed by atoms with E-state index in [2.05, 4.69) is 6.07 Å². The van der Waals surface area contributed by atoms with Crippen molar-refractivity contribution in [2.24, 2.45) is 5.73 Å². The number of nitrogens with two attached hydrogens (primary N) is 1. The number of aryl methyl sites for hydroxylation is 1. The van der Waals surface area contributed by atoms with Crippen LogP contribution in [0.25, 0.3) is 0 Å². The molecule has 1 amide bonds. The number of ether oxygens (including phenoxy) is 1. The summed E-state index contributed by atoms with van der Waals surface area (Å²) in [5.41, 5.74) is 7.95. The predicted octanol–water partition coefficient (Wildman–Crippen LogP) is 1.08. The zero-order valence-corrected chi connectivity index (χ0v) is 9.69. The van der Waals surface area contributed by atoms with Gasteiger partial charge in [-0.15, -0.1) is 0 Å². The van der Waals surface area contributed by atoms with Gasteiger partial charge in [-0.1, -0.05) is 0 Å². The number of fused-ring (bicyclic) bond motifs is 1. The average Bonchev–Trinajstić information content (AvgIpc) is 2.68. The highest BCUT2D eigenvalue weighted by Gasteiger charge is 2.28. The first-order chi connectivity index (χ1) is 8.24. The smallest absolute Gasteiger partial charge is 0.228 e. The lowest BCUT2D eigenvalue weighted by atomic mass is 10.1. The normalized spacial score (nSPS) is 23.5. The lowest BCUT2D eigenvalue weighted by Crippen LogP contribution is -2.28. The van der Waals surface area contributed by atoms with Crippen LogP contribution in [0.5, 0.6) is 5.75 Å². The summed E-state index contributed by atoms with van der Waals surface area (Å²) in [6, 6.07) is 5.93. The van der Waals surface area contributed by atoms with Crippen LogP contribution in [0.2, 0.25) is 0 Å². The van der Waals surface area contributed by atoms with Gasteiger partial charge in [-0.25, -0.2) is 0 Å². The van der Waals surface area contributed by atoms with Crippen molar-refractivity contribution in [1.29, 1.82) is 0 Å². The molecule has 0 radical (unpaired) electrons. The predicted molar refractivity (Wildman–Crippen MR) is 65.2 cm³/mol. The standard InChI is InChI=1S/C13H16N2O2/c14-10-7-13(16)15(8-10)11-3-4-12-9(6-11)2-1-5-17-12/h3-4,6,10H,1-2,5,7-8,14H2. The number of carbonyl (C=O) groups excluding carboxylic acids is 1. The quantitative estimate of drug-likeness (QED) is 0.788. The molecule has 2 aliphatic heterocycles. The van der Waals surface area contributed by atoms with Crippen LogP contribution in [0, 0.1) is 0 Å². The molecule has 2 N–H and O–H groups in total. The van der Waals surface area contributed by atoms with E-state index in [4.69, 9.17) is 10.5 Å². The Morgan fingerprint density at radius 2 is 2.29 bits per heavy atom. The van der Waals surface area contributed by atoms with E-state index < -0.39 is 0 Å². The largest absolute Gasteiger partial charge is 0.493 e. The third-order valence-corrected chi connectivity index (χ3v) is 3.36. The van der Waals surface area contributed by atoms with Crippen molar-refractivity contribution >= 4 is 11.6 Å². The Morgan fingerprint density at radius 3 is 3.06 bits per heavy atom. The molecule has 90 valence electrons. The fourth-order valence-electron chi connectivity index (χ4n) is 2.50. The Balaban J connectivity index is 1.91. The highest BCUT2D eigenvalue weighted by Crippen LogP contribution is 2.30. The molecule has 1 atom stereocenters. The molecule has 0 spiro atoms. The third-order valence-electron chi connectivity index (χ3n) is 3.36. The van der Waals surface area contributed by atoms with Crippen LogP contribution in [0.15, 0.2) is 18.2 Å². The van der Waals surface area contributed by atoms with Gasteiger partial charge in [-0.2, -0.15) is 0 Å². The molecule has 0 aromatic heterocycles. The second-order valence-corrected chi connectivity index (χ2v) is 4.71. The van der Waals surface area contributed by atoms with Gasteiger partial charge in [0.25, 0.3) is 0 Å². The van der Waals surface area contributed by atoms with Gasteiger partial charge in [0.15, 0.2) is 0 Å². The van der Waals surface area contributed by atoms with Crippen LogP contribution in [-0.2, 0) is 11.2 Å². The lowest BCUT2D eigenvalue weighted by Gasteiger charge is -2.21. The van der Waals surface area contributed by atoms with Gasteiger partial charge in [-0.3, -0.25) is 4.79 Å². The monoisotopic (exact) mass is 232 g/mol. The SMILES string of the molecule is NC1CC(=O)N(c2ccc3c(c2)CCCO3)C1. The Hall–Kier alpha value is -1.55. The molecule has 0 saturated carbocycles. The highest BCUT2D eigenvalue weighted by molar-refractivity contribution is 5.96. The van der Waals surface area contributed by atoms with Gasteiger partial charge in [0.2, 0.25) is 5.91 Å². The number of hydrogen-bond acceptors (Lipinski definition) is 3. The first-order valence-electron chi connectivity index (χ1n) is 6.06. The van der Waals surface area contributed by atoms with Gasteiger partial charge < -0.3 is 15.4 Å². The summed E-state index contributed by atoms with van der Waals surface area (Å²) < 4.78 is 5.56.